The van der Waals surface area contributed by atoms with Gasteiger partial charge in [-0.2, -0.15) is 0 Å². The Morgan fingerprint density at radius 2 is 2.12 bits per heavy atom. The maximum absolute atomic E-state index is 12.7. The number of hydrogen-bond donors (Lipinski definition) is 0. The minimum atomic E-state index is 0.0130. The van der Waals surface area contributed by atoms with Gasteiger partial charge < -0.3 is 14.1 Å². The molecule has 7 nitrogen and oxygen atoms in total. The molecule has 138 valence electrons. The fourth-order valence-electron chi connectivity index (χ4n) is 3.75. The first-order valence-electron chi connectivity index (χ1n) is 9.31. The third-order valence-electron chi connectivity index (χ3n) is 5.30. The lowest BCUT2D eigenvalue weighted by atomic mass is 10.0. The summed E-state index contributed by atoms with van der Waals surface area (Å²) in [7, 11) is 0. The van der Waals surface area contributed by atoms with Gasteiger partial charge >= 0.3 is 0 Å². The number of carbonyl (C=O) groups excluding carboxylic acids is 1. The topological polar surface area (TPSA) is 81.4 Å². The third-order valence-corrected chi connectivity index (χ3v) is 5.30. The molecule has 4 heterocycles. The van der Waals surface area contributed by atoms with Gasteiger partial charge in [-0.3, -0.25) is 9.78 Å². The number of rotatable bonds is 4. The lowest BCUT2D eigenvalue weighted by Crippen LogP contribution is -2.30. The van der Waals surface area contributed by atoms with E-state index < -0.39 is 0 Å². The Bertz CT molecular complexity index is 770. The van der Waals surface area contributed by atoms with Crippen LogP contribution in [-0.2, 0) is 11.2 Å². The van der Waals surface area contributed by atoms with Crippen molar-refractivity contribution in [2.45, 2.75) is 38.5 Å². The normalized spacial score (nSPS) is 21.3. The maximum Gasteiger partial charge on any atom is 0.272 e. The van der Waals surface area contributed by atoms with Gasteiger partial charge in [0.1, 0.15) is 5.69 Å². The van der Waals surface area contributed by atoms with Crippen LogP contribution in [0.25, 0.3) is 0 Å². The molecular formula is C19H24N4O3. The van der Waals surface area contributed by atoms with Crippen molar-refractivity contribution >= 4 is 5.91 Å². The van der Waals surface area contributed by atoms with E-state index in [0.29, 0.717) is 30.0 Å². The van der Waals surface area contributed by atoms with Gasteiger partial charge in [0.2, 0.25) is 11.8 Å². The Hall–Kier alpha value is -2.28. The number of likely N-dealkylation sites (tertiary alicyclic amines) is 1. The van der Waals surface area contributed by atoms with E-state index in [9.17, 15) is 4.79 Å². The summed E-state index contributed by atoms with van der Waals surface area (Å²) in [5.41, 5.74) is 1.46. The minimum Gasteiger partial charge on any atom is -0.425 e. The second-order valence-corrected chi connectivity index (χ2v) is 7.20. The molecule has 1 atom stereocenters. The first-order valence-corrected chi connectivity index (χ1v) is 9.31. The van der Waals surface area contributed by atoms with E-state index in [1.165, 1.54) is 0 Å². The quantitative estimate of drug-likeness (QED) is 0.836. The highest BCUT2D eigenvalue weighted by atomic mass is 16.5. The molecule has 1 amide bonds. The van der Waals surface area contributed by atoms with Gasteiger partial charge in [0.15, 0.2) is 0 Å². The van der Waals surface area contributed by atoms with E-state index in [1.807, 2.05) is 24.0 Å². The zero-order valence-corrected chi connectivity index (χ0v) is 15.1. The van der Waals surface area contributed by atoms with Crippen LogP contribution in [0.4, 0.5) is 0 Å². The fraction of sp³-hybridized carbons (Fsp3) is 0.579. The summed E-state index contributed by atoms with van der Waals surface area (Å²) in [5, 5.41) is 8.46. The van der Waals surface area contributed by atoms with Crippen molar-refractivity contribution in [3.8, 4) is 0 Å². The Balaban J connectivity index is 1.35. The van der Waals surface area contributed by atoms with Gasteiger partial charge in [-0.15, -0.1) is 10.2 Å². The molecule has 0 N–H and O–H groups in total. The first kappa shape index (κ1) is 17.1. The number of hydrogen-bond acceptors (Lipinski definition) is 6. The SMILES string of the molecule is Cc1cccnc1C(=O)N1CCC(Cc2nnc(C3CCOCC3)o2)C1. The largest absolute Gasteiger partial charge is 0.425 e. The molecule has 26 heavy (non-hydrogen) atoms. The molecule has 2 aliphatic heterocycles. The number of nitrogens with zero attached hydrogens (tertiary/aromatic N) is 4. The highest BCUT2D eigenvalue weighted by Crippen LogP contribution is 2.27. The van der Waals surface area contributed by atoms with Crippen LogP contribution in [0, 0.1) is 12.8 Å². The molecule has 2 aliphatic rings. The summed E-state index contributed by atoms with van der Waals surface area (Å²) < 4.78 is 11.3. The molecule has 0 radical (unpaired) electrons. The molecule has 0 aromatic carbocycles. The number of carbonyl (C=O) groups is 1. The van der Waals surface area contributed by atoms with Crippen LogP contribution in [0.2, 0.25) is 0 Å². The Morgan fingerprint density at radius 1 is 1.27 bits per heavy atom. The van der Waals surface area contributed by atoms with Crippen LogP contribution in [-0.4, -0.2) is 52.3 Å². The minimum absolute atomic E-state index is 0.0130. The van der Waals surface area contributed by atoms with E-state index in [-0.39, 0.29) is 5.91 Å². The monoisotopic (exact) mass is 356 g/mol. The number of pyridine rings is 1. The predicted octanol–water partition coefficient (Wildman–Crippen LogP) is 2.37. The molecule has 0 bridgehead atoms. The summed E-state index contributed by atoms with van der Waals surface area (Å²) >= 11 is 0. The van der Waals surface area contributed by atoms with Crippen molar-refractivity contribution in [1.82, 2.24) is 20.1 Å². The molecule has 0 saturated carbocycles. The average Bonchev–Trinajstić information content (AvgIpc) is 3.32. The van der Waals surface area contributed by atoms with Crippen molar-refractivity contribution in [2.24, 2.45) is 5.92 Å². The number of amides is 1. The highest BCUT2D eigenvalue weighted by molar-refractivity contribution is 5.93. The third kappa shape index (κ3) is 3.62. The van der Waals surface area contributed by atoms with Crippen molar-refractivity contribution < 1.29 is 13.9 Å². The number of aryl methyl sites for hydroxylation is 1. The van der Waals surface area contributed by atoms with Gasteiger partial charge in [0.05, 0.1) is 0 Å². The van der Waals surface area contributed by atoms with E-state index >= 15 is 0 Å². The molecule has 0 aliphatic carbocycles. The number of aromatic nitrogens is 3. The van der Waals surface area contributed by atoms with Gasteiger partial charge in [-0.1, -0.05) is 6.07 Å². The van der Waals surface area contributed by atoms with Gasteiger partial charge in [0.25, 0.3) is 5.91 Å². The zero-order chi connectivity index (χ0) is 17.9. The van der Waals surface area contributed by atoms with Crippen molar-refractivity contribution in [3.05, 3.63) is 41.4 Å². The summed E-state index contributed by atoms with van der Waals surface area (Å²) in [4.78, 5) is 18.8. The smallest absolute Gasteiger partial charge is 0.272 e. The van der Waals surface area contributed by atoms with Gasteiger partial charge in [0, 0.05) is 44.8 Å². The van der Waals surface area contributed by atoms with Crippen LogP contribution in [0.5, 0.6) is 0 Å². The Morgan fingerprint density at radius 3 is 2.92 bits per heavy atom. The van der Waals surface area contributed by atoms with E-state index in [4.69, 9.17) is 9.15 Å². The lowest BCUT2D eigenvalue weighted by molar-refractivity contribution is 0.0779. The molecule has 1 unspecified atom stereocenters. The van der Waals surface area contributed by atoms with Crippen LogP contribution in [0.15, 0.2) is 22.7 Å². The van der Waals surface area contributed by atoms with E-state index in [0.717, 1.165) is 56.9 Å². The molecule has 2 aromatic heterocycles. The van der Waals surface area contributed by atoms with Crippen LogP contribution in [0.1, 0.15) is 53.0 Å². The molecule has 2 fully saturated rings. The van der Waals surface area contributed by atoms with E-state index in [2.05, 4.69) is 15.2 Å². The van der Waals surface area contributed by atoms with Crippen molar-refractivity contribution in [3.63, 3.8) is 0 Å². The molecule has 0 spiro atoms. The second kappa shape index (κ2) is 7.53. The summed E-state index contributed by atoms with van der Waals surface area (Å²) in [6.07, 6.45) is 5.23. The standard InChI is InChI=1S/C19H24N4O3/c1-13-3-2-7-20-17(13)19(24)23-8-4-14(12-23)11-16-21-22-18(26-16)15-5-9-25-10-6-15/h2-3,7,14-15H,4-6,8-12H2,1H3. The highest BCUT2D eigenvalue weighted by Gasteiger charge is 2.30. The van der Waals surface area contributed by atoms with Crippen LogP contribution in [0.3, 0.4) is 0 Å². The molecule has 7 heteroatoms. The summed E-state index contributed by atoms with van der Waals surface area (Å²) in [6, 6.07) is 3.77. The molecule has 4 rings (SSSR count). The Labute approximate surface area is 152 Å². The predicted molar refractivity (Wildman–Crippen MR) is 93.8 cm³/mol. The van der Waals surface area contributed by atoms with Crippen molar-refractivity contribution in [1.29, 1.82) is 0 Å². The second-order valence-electron chi connectivity index (χ2n) is 7.20. The van der Waals surface area contributed by atoms with Crippen molar-refractivity contribution in [2.75, 3.05) is 26.3 Å². The molecule has 2 saturated heterocycles. The van der Waals surface area contributed by atoms with Crippen LogP contribution >= 0.6 is 0 Å². The zero-order valence-electron chi connectivity index (χ0n) is 15.1. The first-order chi connectivity index (χ1) is 12.7. The van der Waals surface area contributed by atoms with E-state index in [1.54, 1.807) is 6.20 Å². The maximum atomic E-state index is 12.7. The van der Waals surface area contributed by atoms with Crippen LogP contribution < -0.4 is 0 Å². The average molecular weight is 356 g/mol. The lowest BCUT2D eigenvalue weighted by Gasteiger charge is -2.18. The molecular weight excluding hydrogens is 332 g/mol. The Kier molecular flexibility index (Phi) is 4.97. The summed E-state index contributed by atoms with van der Waals surface area (Å²) in [5.74, 6) is 2.10. The fourth-order valence-corrected chi connectivity index (χ4v) is 3.75. The van der Waals surface area contributed by atoms with Gasteiger partial charge in [-0.25, -0.2) is 0 Å². The summed E-state index contributed by atoms with van der Waals surface area (Å²) in [6.45, 7) is 4.90. The molecule has 2 aromatic rings. The van der Waals surface area contributed by atoms with Gasteiger partial charge in [-0.05, 0) is 43.7 Å². The number of ether oxygens (including phenoxy) is 1.